The molecule has 1 aromatic rings. The van der Waals surface area contributed by atoms with E-state index in [0.29, 0.717) is 6.04 Å². The fraction of sp³-hybridized carbons (Fsp3) is 0.684. The summed E-state index contributed by atoms with van der Waals surface area (Å²) in [5.74, 6) is 0.848. The topological polar surface area (TPSA) is 15.3 Å². The van der Waals surface area contributed by atoms with Crippen LogP contribution in [0.25, 0.3) is 0 Å². The molecule has 0 radical (unpaired) electrons. The van der Waals surface area contributed by atoms with Gasteiger partial charge in [0.25, 0.3) is 0 Å². The van der Waals surface area contributed by atoms with Crippen molar-refractivity contribution in [2.45, 2.75) is 53.5 Å². The van der Waals surface area contributed by atoms with Crippen molar-refractivity contribution in [3.8, 4) is 0 Å². The summed E-state index contributed by atoms with van der Waals surface area (Å²) in [5, 5.41) is 3.72. The van der Waals surface area contributed by atoms with E-state index < -0.39 is 0 Å². The molecule has 0 aliphatic carbocycles. The van der Waals surface area contributed by atoms with Gasteiger partial charge >= 0.3 is 0 Å². The number of nitrogens with one attached hydrogen (secondary N) is 1. The van der Waals surface area contributed by atoms with Gasteiger partial charge in [-0.25, -0.2) is 0 Å². The van der Waals surface area contributed by atoms with Crippen molar-refractivity contribution < 1.29 is 0 Å². The SMILES string of the molecule is CCNC(CN1CCCC(C)C1)c1c(C)cc(C)cc1C. The highest BCUT2D eigenvalue weighted by Gasteiger charge is 2.22. The Balaban J connectivity index is 2.18. The zero-order valence-electron chi connectivity index (χ0n) is 14.5. The Morgan fingerprint density at radius 3 is 2.48 bits per heavy atom. The highest BCUT2D eigenvalue weighted by molar-refractivity contribution is 5.39. The number of piperidine rings is 1. The van der Waals surface area contributed by atoms with Crippen LogP contribution in [0, 0.1) is 26.7 Å². The van der Waals surface area contributed by atoms with E-state index in [-0.39, 0.29) is 0 Å². The monoisotopic (exact) mass is 288 g/mol. The molecule has 21 heavy (non-hydrogen) atoms. The fourth-order valence-corrected chi connectivity index (χ4v) is 3.96. The first-order valence-corrected chi connectivity index (χ1v) is 8.54. The number of rotatable bonds is 5. The van der Waals surface area contributed by atoms with E-state index in [9.17, 15) is 0 Å². The van der Waals surface area contributed by atoms with Gasteiger partial charge in [-0.3, -0.25) is 0 Å². The van der Waals surface area contributed by atoms with E-state index in [1.807, 2.05) is 0 Å². The van der Waals surface area contributed by atoms with Crippen molar-refractivity contribution in [2.24, 2.45) is 5.92 Å². The van der Waals surface area contributed by atoms with Crippen LogP contribution in [0.1, 0.15) is 55.0 Å². The van der Waals surface area contributed by atoms with Gasteiger partial charge < -0.3 is 10.2 Å². The van der Waals surface area contributed by atoms with Crippen LogP contribution in [0.3, 0.4) is 0 Å². The number of aryl methyl sites for hydroxylation is 3. The van der Waals surface area contributed by atoms with E-state index in [0.717, 1.165) is 19.0 Å². The molecular weight excluding hydrogens is 256 g/mol. The average Bonchev–Trinajstić information content (AvgIpc) is 2.37. The molecule has 1 N–H and O–H groups in total. The van der Waals surface area contributed by atoms with Crippen LogP contribution in [-0.4, -0.2) is 31.1 Å². The van der Waals surface area contributed by atoms with Gasteiger partial charge in [0.05, 0.1) is 0 Å². The molecule has 2 heteroatoms. The van der Waals surface area contributed by atoms with E-state index in [4.69, 9.17) is 0 Å². The average molecular weight is 288 g/mol. The standard InChI is InChI=1S/C19H32N2/c1-6-20-18(13-21-9-7-8-14(2)12-21)19-16(4)10-15(3)11-17(19)5/h10-11,14,18,20H,6-9,12-13H2,1-5H3. The lowest BCUT2D eigenvalue weighted by Gasteiger charge is -2.35. The maximum Gasteiger partial charge on any atom is 0.0454 e. The molecule has 1 saturated heterocycles. The van der Waals surface area contributed by atoms with Gasteiger partial charge in [-0.2, -0.15) is 0 Å². The highest BCUT2D eigenvalue weighted by Crippen LogP contribution is 2.26. The molecule has 1 aromatic carbocycles. The van der Waals surface area contributed by atoms with E-state index >= 15 is 0 Å². The molecule has 118 valence electrons. The van der Waals surface area contributed by atoms with Gasteiger partial charge in [-0.1, -0.05) is 31.5 Å². The van der Waals surface area contributed by atoms with Crippen molar-refractivity contribution >= 4 is 0 Å². The first-order chi connectivity index (χ1) is 10.0. The summed E-state index contributed by atoms with van der Waals surface area (Å²) in [5.41, 5.74) is 5.75. The van der Waals surface area contributed by atoms with Gasteiger partial charge in [-0.05, 0) is 69.3 Å². The Hall–Kier alpha value is -0.860. The minimum absolute atomic E-state index is 0.459. The van der Waals surface area contributed by atoms with Gasteiger partial charge in [-0.15, -0.1) is 0 Å². The zero-order valence-corrected chi connectivity index (χ0v) is 14.5. The van der Waals surface area contributed by atoms with Gasteiger partial charge in [0.2, 0.25) is 0 Å². The summed E-state index contributed by atoms with van der Waals surface area (Å²) in [6.45, 7) is 16.0. The summed E-state index contributed by atoms with van der Waals surface area (Å²) in [7, 11) is 0. The largest absolute Gasteiger partial charge is 0.309 e. The molecule has 2 rings (SSSR count). The molecule has 1 aliphatic rings. The molecule has 2 atom stereocenters. The highest BCUT2D eigenvalue weighted by atomic mass is 15.2. The Morgan fingerprint density at radius 2 is 1.90 bits per heavy atom. The Labute approximate surface area is 130 Å². The maximum atomic E-state index is 3.72. The Bertz CT molecular complexity index is 444. The maximum absolute atomic E-state index is 3.72. The van der Waals surface area contributed by atoms with Crippen LogP contribution >= 0.6 is 0 Å². The van der Waals surface area contributed by atoms with Crippen molar-refractivity contribution in [3.63, 3.8) is 0 Å². The van der Waals surface area contributed by atoms with Crippen LogP contribution in [-0.2, 0) is 0 Å². The number of hydrogen-bond donors (Lipinski definition) is 1. The molecule has 0 amide bonds. The smallest absolute Gasteiger partial charge is 0.0454 e. The van der Waals surface area contributed by atoms with Crippen LogP contribution in [0.5, 0.6) is 0 Å². The summed E-state index contributed by atoms with van der Waals surface area (Å²) >= 11 is 0. The molecular formula is C19H32N2. The summed E-state index contributed by atoms with van der Waals surface area (Å²) in [6.07, 6.45) is 2.75. The second kappa shape index (κ2) is 7.42. The fourth-order valence-electron chi connectivity index (χ4n) is 3.96. The molecule has 2 unspecified atom stereocenters. The quantitative estimate of drug-likeness (QED) is 0.881. The van der Waals surface area contributed by atoms with Crippen LogP contribution in [0.4, 0.5) is 0 Å². The van der Waals surface area contributed by atoms with Crippen molar-refractivity contribution in [1.29, 1.82) is 0 Å². The third kappa shape index (κ3) is 4.31. The first kappa shape index (κ1) is 16.5. The van der Waals surface area contributed by atoms with E-state index in [1.54, 1.807) is 0 Å². The third-order valence-electron chi connectivity index (χ3n) is 4.72. The summed E-state index contributed by atoms with van der Waals surface area (Å²) in [6, 6.07) is 5.11. The van der Waals surface area contributed by atoms with Gasteiger partial charge in [0, 0.05) is 19.1 Å². The number of hydrogen-bond acceptors (Lipinski definition) is 2. The second-order valence-electron chi connectivity index (χ2n) is 6.93. The normalized spacial score (nSPS) is 21.5. The lowest BCUT2D eigenvalue weighted by Crippen LogP contribution is -2.41. The minimum atomic E-state index is 0.459. The zero-order chi connectivity index (χ0) is 15.4. The van der Waals surface area contributed by atoms with Crippen molar-refractivity contribution in [1.82, 2.24) is 10.2 Å². The number of benzene rings is 1. The third-order valence-corrected chi connectivity index (χ3v) is 4.72. The van der Waals surface area contributed by atoms with Gasteiger partial charge in [0.15, 0.2) is 0 Å². The Kier molecular flexibility index (Phi) is 5.83. The lowest BCUT2D eigenvalue weighted by atomic mass is 9.92. The van der Waals surface area contributed by atoms with Crippen LogP contribution < -0.4 is 5.32 Å². The van der Waals surface area contributed by atoms with Gasteiger partial charge in [0.1, 0.15) is 0 Å². The number of likely N-dealkylation sites (tertiary alicyclic amines) is 1. The second-order valence-corrected chi connectivity index (χ2v) is 6.93. The molecule has 0 bridgehead atoms. The minimum Gasteiger partial charge on any atom is -0.309 e. The van der Waals surface area contributed by atoms with Crippen LogP contribution in [0.2, 0.25) is 0 Å². The lowest BCUT2D eigenvalue weighted by molar-refractivity contribution is 0.167. The first-order valence-electron chi connectivity index (χ1n) is 8.54. The summed E-state index contributed by atoms with van der Waals surface area (Å²) in [4.78, 5) is 2.65. The number of nitrogens with zero attached hydrogens (tertiary/aromatic N) is 1. The molecule has 0 aromatic heterocycles. The van der Waals surface area contributed by atoms with Crippen LogP contribution in [0.15, 0.2) is 12.1 Å². The van der Waals surface area contributed by atoms with Crippen molar-refractivity contribution in [2.75, 3.05) is 26.2 Å². The molecule has 1 fully saturated rings. The molecule has 0 saturated carbocycles. The number of likely N-dealkylation sites (N-methyl/N-ethyl adjacent to an activating group) is 1. The summed E-state index contributed by atoms with van der Waals surface area (Å²) < 4.78 is 0. The van der Waals surface area contributed by atoms with Crippen molar-refractivity contribution in [3.05, 3.63) is 34.4 Å². The van der Waals surface area contributed by atoms with E-state index in [2.05, 4.69) is 57.0 Å². The Morgan fingerprint density at radius 1 is 1.24 bits per heavy atom. The molecule has 0 spiro atoms. The van der Waals surface area contributed by atoms with E-state index in [1.165, 1.54) is 48.2 Å². The predicted octanol–water partition coefficient (Wildman–Crippen LogP) is 3.99. The molecule has 2 nitrogen and oxygen atoms in total. The molecule has 1 aliphatic heterocycles. The molecule has 1 heterocycles. The predicted molar refractivity (Wildman–Crippen MR) is 91.9 cm³/mol.